The van der Waals surface area contributed by atoms with Crippen molar-refractivity contribution >= 4 is 31.6 Å². The van der Waals surface area contributed by atoms with E-state index in [9.17, 15) is 21.6 Å². The molecule has 0 aromatic heterocycles. The summed E-state index contributed by atoms with van der Waals surface area (Å²) in [6, 6.07) is 13.9. The van der Waals surface area contributed by atoms with Crippen molar-refractivity contribution in [1.82, 2.24) is 9.03 Å². The maximum absolute atomic E-state index is 13.5. The first kappa shape index (κ1) is 26.7. The number of nitrogens with zero attached hydrogens (tertiary/aromatic N) is 1. The molecule has 4 rings (SSSR count). The highest BCUT2D eigenvalue weighted by atomic mass is 32.2. The van der Waals surface area contributed by atoms with Gasteiger partial charge in [-0.25, -0.2) is 21.6 Å². The van der Waals surface area contributed by atoms with Crippen LogP contribution in [-0.2, 0) is 29.6 Å². The molecule has 2 fully saturated rings. The molecule has 1 unspecified atom stereocenters. The number of nitrogens with one attached hydrogen (secondary N) is 2. The third-order valence-corrected chi connectivity index (χ3v) is 9.87. The lowest BCUT2D eigenvalue weighted by atomic mass is 9.96. The number of carbonyl (C=O) groups is 1. The molecule has 36 heavy (non-hydrogen) atoms. The first-order valence-electron chi connectivity index (χ1n) is 12.3. The van der Waals surface area contributed by atoms with E-state index in [1.54, 1.807) is 24.3 Å². The first-order valence-corrected chi connectivity index (χ1v) is 15.3. The number of amides is 1. The van der Waals surface area contributed by atoms with Crippen LogP contribution in [0.3, 0.4) is 0 Å². The van der Waals surface area contributed by atoms with Gasteiger partial charge in [-0.3, -0.25) is 4.79 Å². The van der Waals surface area contributed by atoms with Crippen molar-refractivity contribution in [1.29, 1.82) is 0 Å². The second-order valence-electron chi connectivity index (χ2n) is 9.27. The number of hydrogen-bond acceptors (Lipinski definition) is 6. The monoisotopic (exact) mass is 535 g/mol. The number of hydrogen-bond donors (Lipinski definition) is 2. The molecule has 2 aromatic rings. The van der Waals surface area contributed by atoms with Crippen molar-refractivity contribution in [3.63, 3.8) is 0 Å². The van der Waals surface area contributed by atoms with Gasteiger partial charge in [0.15, 0.2) is 0 Å². The van der Waals surface area contributed by atoms with Gasteiger partial charge in [0.05, 0.1) is 22.4 Å². The molecule has 11 heteroatoms. The Morgan fingerprint density at radius 3 is 2.17 bits per heavy atom. The van der Waals surface area contributed by atoms with Gasteiger partial charge in [-0.1, -0.05) is 37.5 Å². The maximum atomic E-state index is 13.5. The van der Waals surface area contributed by atoms with Crippen molar-refractivity contribution in [2.45, 2.75) is 66.9 Å². The zero-order chi connectivity index (χ0) is 25.6. The van der Waals surface area contributed by atoms with Crippen LogP contribution in [0.15, 0.2) is 64.4 Å². The average Bonchev–Trinajstić information content (AvgIpc) is 3.38. The van der Waals surface area contributed by atoms with Crippen LogP contribution in [-0.4, -0.2) is 58.9 Å². The second-order valence-corrected chi connectivity index (χ2v) is 12.9. The number of benzene rings is 2. The van der Waals surface area contributed by atoms with E-state index in [-0.39, 0.29) is 35.0 Å². The van der Waals surface area contributed by atoms with Gasteiger partial charge in [-0.15, -0.1) is 0 Å². The second kappa shape index (κ2) is 11.8. The van der Waals surface area contributed by atoms with Crippen LogP contribution in [0.4, 0.5) is 5.69 Å². The molecule has 1 saturated heterocycles. The van der Waals surface area contributed by atoms with Crippen LogP contribution in [0.25, 0.3) is 0 Å². The summed E-state index contributed by atoms with van der Waals surface area (Å²) in [6.07, 6.45) is 5.92. The fraction of sp³-hybridized carbons (Fsp3) is 0.480. The molecule has 1 aliphatic heterocycles. The molecule has 0 radical (unpaired) electrons. The molecule has 2 N–H and O–H groups in total. The molecule has 1 aliphatic carbocycles. The Hall–Kier alpha value is -2.31. The van der Waals surface area contributed by atoms with E-state index < -0.39 is 26.0 Å². The SMILES string of the molecule is O=C(CN(CC1CCCO1)S(=O)(=O)c1ccc(S(=O)(=O)NC2CCCCC2)cc1)Nc1ccccc1. The number of rotatable bonds is 10. The molecule has 1 saturated carbocycles. The lowest BCUT2D eigenvalue weighted by Gasteiger charge is -2.25. The van der Waals surface area contributed by atoms with Crippen molar-refractivity contribution in [3.05, 3.63) is 54.6 Å². The van der Waals surface area contributed by atoms with Crippen molar-refractivity contribution in [2.75, 3.05) is 25.0 Å². The third-order valence-electron chi connectivity index (χ3n) is 6.51. The number of anilines is 1. The van der Waals surface area contributed by atoms with Gasteiger partial charge in [-0.2, -0.15) is 4.31 Å². The third kappa shape index (κ3) is 6.92. The number of carbonyl (C=O) groups excluding carboxylic acids is 1. The molecule has 2 aliphatic rings. The van der Waals surface area contributed by atoms with Crippen LogP contribution < -0.4 is 10.0 Å². The Bertz CT molecular complexity index is 1220. The molecule has 196 valence electrons. The molecule has 1 heterocycles. The summed E-state index contributed by atoms with van der Waals surface area (Å²) >= 11 is 0. The fourth-order valence-electron chi connectivity index (χ4n) is 4.59. The normalized spacial score (nSPS) is 19.4. The molecule has 1 atom stereocenters. The molecular weight excluding hydrogens is 502 g/mol. The van der Waals surface area contributed by atoms with Gasteiger partial charge in [0, 0.05) is 24.9 Å². The molecule has 2 aromatic carbocycles. The Balaban J connectivity index is 1.50. The van der Waals surface area contributed by atoms with Crippen molar-refractivity contribution < 1.29 is 26.4 Å². The van der Waals surface area contributed by atoms with E-state index >= 15 is 0 Å². The molecule has 9 nitrogen and oxygen atoms in total. The minimum absolute atomic E-state index is 0.0134. The predicted octanol–water partition coefficient (Wildman–Crippen LogP) is 3.11. The van der Waals surface area contributed by atoms with E-state index in [2.05, 4.69) is 10.0 Å². The van der Waals surface area contributed by atoms with Gasteiger partial charge in [-0.05, 0) is 62.1 Å². The van der Waals surface area contributed by atoms with Gasteiger partial charge in [0.25, 0.3) is 0 Å². The summed E-state index contributed by atoms with van der Waals surface area (Å²) in [5, 5.41) is 2.72. The van der Waals surface area contributed by atoms with Crippen LogP contribution in [0.2, 0.25) is 0 Å². The molecule has 1 amide bonds. The van der Waals surface area contributed by atoms with Crippen LogP contribution in [0.5, 0.6) is 0 Å². The summed E-state index contributed by atoms with van der Waals surface area (Å²) in [6.45, 7) is 0.198. The Labute approximate surface area is 213 Å². The topological polar surface area (TPSA) is 122 Å². The minimum atomic E-state index is -4.09. The largest absolute Gasteiger partial charge is 0.377 e. The highest BCUT2D eigenvalue weighted by Gasteiger charge is 2.31. The fourth-order valence-corrected chi connectivity index (χ4v) is 7.33. The predicted molar refractivity (Wildman–Crippen MR) is 136 cm³/mol. The zero-order valence-electron chi connectivity index (χ0n) is 20.1. The van der Waals surface area contributed by atoms with E-state index in [1.807, 2.05) is 6.07 Å². The summed E-state index contributed by atoms with van der Waals surface area (Å²) in [4.78, 5) is 12.6. The van der Waals surface area contributed by atoms with E-state index in [4.69, 9.17) is 4.74 Å². The Morgan fingerprint density at radius 1 is 0.861 bits per heavy atom. The van der Waals surface area contributed by atoms with E-state index in [0.29, 0.717) is 18.7 Å². The highest BCUT2D eigenvalue weighted by molar-refractivity contribution is 7.89. The van der Waals surface area contributed by atoms with Crippen LogP contribution in [0.1, 0.15) is 44.9 Å². The smallest absolute Gasteiger partial charge is 0.243 e. The number of para-hydroxylation sites is 1. The summed E-state index contributed by atoms with van der Waals surface area (Å²) in [7, 11) is -7.85. The van der Waals surface area contributed by atoms with Gasteiger partial charge < -0.3 is 10.1 Å². The van der Waals surface area contributed by atoms with Crippen LogP contribution in [0, 0.1) is 0 Å². The quantitative estimate of drug-likeness (QED) is 0.482. The summed E-state index contributed by atoms with van der Waals surface area (Å²) in [5.41, 5.74) is 0.567. The Kier molecular flexibility index (Phi) is 8.78. The molecular formula is C25H33N3O6S2. The summed E-state index contributed by atoms with van der Waals surface area (Å²) in [5.74, 6) is -0.473. The van der Waals surface area contributed by atoms with Gasteiger partial charge in [0.1, 0.15) is 0 Å². The number of ether oxygens (including phenoxy) is 1. The lowest BCUT2D eigenvalue weighted by Crippen LogP contribution is -2.42. The van der Waals surface area contributed by atoms with Gasteiger partial charge in [0.2, 0.25) is 26.0 Å². The summed E-state index contributed by atoms with van der Waals surface area (Å²) < 4.78 is 62.1. The van der Waals surface area contributed by atoms with Crippen LogP contribution >= 0.6 is 0 Å². The molecule has 0 bridgehead atoms. The average molecular weight is 536 g/mol. The van der Waals surface area contributed by atoms with Crippen molar-refractivity contribution in [3.8, 4) is 0 Å². The van der Waals surface area contributed by atoms with E-state index in [0.717, 1.165) is 42.8 Å². The Morgan fingerprint density at radius 2 is 1.53 bits per heavy atom. The minimum Gasteiger partial charge on any atom is -0.377 e. The number of sulfonamides is 2. The van der Waals surface area contributed by atoms with Crippen molar-refractivity contribution in [2.24, 2.45) is 0 Å². The molecule has 0 spiro atoms. The standard InChI is InChI=1S/C25H33N3O6S2/c29-25(26-20-8-3-1-4-9-20)19-28(18-22-12-7-17-34-22)36(32,33)24-15-13-23(14-16-24)35(30,31)27-21-10-5-2-6-11-21/h1,3-4,8-9,13-16,21-22,27H,2,5-7,10-12,17-19H2,(H,26,29). The lowest BCUT2D eigenvalue weighted by molar-refractivity contribution is -0.116. The highest BCUT2D eigenvalue weighted by Crippen LogP contribution is 2.23. The van der Waals surface area contributed by atoms with Gasteiger partial charge >= 0.3 is 0 Å². The van der Waals surface area contributed by atoms with E-state index in [1.165, 1.54) is 24.3 Å². The zero-order valence-corrected chi connectivity index (χ0v) is 21.8. The first-order chi connectivity index (χ1) is 17.2. The maximum Gasteiger partial charge on any atom is 0.243 e.